The van der Waals surface area contributed by atoms with Crippen LogP contribution in [0.5, 0.6) is 0 Å². The highest BCUT2D eigenvalue weighted by Crippen LogP contribution is 2.39. The van der Waals surface area contributed by atoms with E-state index in [0.29, 0.717) is 62.9 Å². The van der Waals surface area contributed by atoms with Crippen LogP contribution in [0.3, 0.4) is 0 Å². The van der Waals surface area contributed by atoms with E-state index in [9.17, 15) is 33.6 Å². The Bertz CT molecular complexity index is 2390. The summed E-state index contributed by atoms with van der Waals surface area (Å²) in [6, 6.07) is 17.8. The molecule has 7 rings (SSSR count). The van der Waals surface area contributed by atoms with E-state index in [-0.39, 0.29) is 61.8 Å². The van der Waals surface area contributed by atoms with E-state index in [1.807, 2.05) is 60.7 Å². The molecular weight excluding hydrogens is 795 g/mol. The van der Waals surface area contributed by atoms with Crippen LogP contribution >= 0.6 is 0 Å². The number of para-hydroxylation sites is 1. The summed E-state index contributed by atoms with van der Waals surface area (Å²) in [6.07, 6.45) is 6.12. The zero-order valence-corrected chi connectivity index (χ0v) is 35.1. The highest BCUT2D eigenvalue weighted by molar-refractivity contribution is 6.05. The average molecular weight is 850 g/mol. The van der Waals surface area contributed by atoms with Gasteiger partial charge in [0, 0.05) is 45.9 Å². The number of nitrogens with two attached hydrogens (primary N) is 1. The number of ether oxygens (including phenoxy) is 2. The molecule has 6 amide bonds. The molecule has 3 aromatic carbocycles. The fourth-order valence-corrected chi connectivity index (χ4v) is 8.68. The number of aryl methyl sites for hydroxylation is 4. The van der Waals surface area contributed by atoms with Crippen molar-refractivity contribution >= 4 is 52.2 Å². The number of carbonyl (C=O) groups is 6. The molecule has 62 heavy (non-hydrogen) atoms. The van der Waals surface area contributed by atoms with Crippen molar-refractivity contribution in [2.75, 3.05) is 31.3 Å². The fraction of sp³-hybridized carbons (Fsp3) is 0.457. The van der Waals surface area contributed by atoms with Crippen molar-refractivity contribution in [3.8, 4) is 0 Å². The maximum absolute atomic E-state index is 13.6. The summed E-state index contributed by atoms with van der Waals surface area (Å²) in [4.78, 5) is 89.5. The van der Waals surface area contributed by atoms with Crippen LogP contribution in [-0.2, 0) is 77.6 Å². The van der Waals surface area contributed by atoms with Crippen molar-refractivity contribution in [2.24, 2.45) is 12.8 Å². The van der Waals surface area contributed by atoms with Crippen LogP contribution < -0.4 is 32.3 Å². The maximum Gasteiger partial charge on any atom is 0.329 e. The summed E-state index contributed by atoms with van der Waals surface area (Å²) in [5.41, 5.74) is 12.5. The first-order valence-corrected chi connectivity index (χ1v) is 21.5. The molecule has 16 heteroatoms. The smallest absolute Gasteiger partial charge is 0.329 e. The maximum atomic E-state index is 13.6. The van der Waals surface area contributed by atoms with Gasteiger partial charge in [-0.3, -0.25) is 48.1 Å². The van der Waals surface area contributed by atoms with Crippen molar-refractivity contribution in [1.29, 1.82) is 0 Å². The number of amides is 6. The minimum absolute atomic E-state index is 0.0437. The monoisotopic (exact) mass is 849 g/mol. The van der Waals surface area contributed by atoms with Gasteiger partial charge >= 0.3 is 5.69 Å². The third kappa shape index (κ3) is 10.5. The van der Waals surface area contributed by atoms with Crippen molar-refractivity contribution in [2.45, 2.75) is 102 Å². The third-order valence-electron chi connectivity index (χ3n) is 11.9. The van der Waals surface area contributed by atoms with Gasteiger partial charge in [0.25, 0.3) is 0 Å². The second kappa shape index (κ2) is 20.2. The van der Waals surface area contributed by atoms with E-state index in [2.05, 4.69) is 16.0 Å². The number of piperidine rings is 1. The molecule has 0 aliphatic carbocycles. The molecule has 5 N–H and O–H groups in total. The number of imide groups is 1. The number of benzene rings is 3. The Labute approximate surface area is 359 Å². The molecule has 328 valence electrons. The predicted molar refractivity (Wildman–Crippen MR) is 230 cm³/mol. The summed E-state index contributed by atoms with van der Waals surface area (Å²) in [6.45, 7) is 1.32. The summed E-state index contributed by atoms with van der Waals surface area (Å²) >= 11 is 0. The molecule has 0 radical (unpaired) electrons. The van der Waals surface area contributed by atoms with Gasteiger partial charge in [-0.15, -0.1) is 0 Å². The lowest BCUT2D eigenvalue weighted by Gasteiger charge is -2.27. The van der Waals surface area contributed by atoms with Crippen LogP contribution in [0.4, 0.5) is 5.69 Å². The van der Waals surface area contributed by atoms with Crippen molar-refractivity contribution in [3.63, 3.8) is 0 Å². The zero-order valence-electron chi connectivity index (χ0n) is 35.1. The Kier molecular flexibility index (Phi) is 14.3. The predicted octanol–water partition coefficient (Wildman–Crippen LogP) is 2.58. The molecule has 0 saturated carbocycles. The molecule has 3 aliphatic rings. The molecule has 16 nitrogen and oxygen atoms in total. The Morgan fingerprint density at radius 3 is 2.44 bits per heavy atom. The molecule has 4 aromatic rings. The molecule has 1 aromatic heterocycles. The van der Waals surface area contributed by atoms with Crippen LogP contribution in [0, 0.1) is 0 Å². The van der Waals surface area contributed by atoms with Gasteiger partial charge in [-0.25, -0.2) is 4.79 Å². The minimum Gasteiger partial charge on any atom is -0.375 e. The van der Waals surface area contributed by atoms with Gasteiger partial charge in [-0.05, 0) is 91.3 Å². The van der Waals surface area contributed by atoms with Crippen LogP contribution in [0.2, 0.25) is 0 Å². The first-order valence-electron chi connectivity index (χ1n) is 21.5. The highest BCUT2D eigenvalue weighted by atomic mass is 16.5. The quantitative estimate of drug-likeness (QED) is 0.0759. The SMILES string of the molecule is Cn1c(=O)n(C2CCC(=O)NC2=O)c2ccc(CCCOCC(=O)NCCCc3ccc(COC[C@H](CCC(N)=O)NC(=O)[C@@H]4Cc5cccc6c5N4C(=O)CCC6)cc3)cc21. The molecule has 1 unspecified atom stereocenters. The second-order valence-corrected chi connectivity index (χ2v) is 16.4. The summed E-state index contributed by atoms with van der Waals surface area (Å²) in [5, 5.41) is 8.27. The number of fused-ring (bicyclic) bond motifs is 1. The van der Waals surface area contributed by atoms with E-state index in [1.54, 1.807) is 11.9 Å². The number of primary amides is 1. The van der Waals surface area contributed by atoms with E-state index in [1.165, 1.54) is 9.13 Å². The van der Waals surface area contributed by atoms with Crippen molar-refractivity contribution in [3.05, 3.63) is 99.0 Å². The topological polar surface area (TPSA) is 213 Å². The first-order chi connectivity index (χ1) is 30.0. The number of aromatic nitrogens is 2. The largest absolute Gasteiger partial charge is 0.375 e. The van der Waals surface area contributed by atoms with Crippen LogP contribution in [0.25, 0.3) is 11.0 Å². The van der Waals surface area contributed by atoms with Crippen LogP contribution in [0.15, 0.2) is 65.5 Å². The van der Waals surface area contributed by atoms with Gasteiger partial charge in [0.1, 0.15) is 18.7 Å². The number of anilines is 1. The summed E-state index contributed by atoms with van der Waals surface area (Å²) in [7, 11) is 1.66. The van der Waals surface area contributed by atoms with Gasteiger partial charge in [0.15, 0.2) is 0 Å². The number of rotatable bonds is 20. The lowest BCUT2D eigenvalue weighted by atomic mass is 10.0. The lowest BCUT2D eigenvalue weighted by molar-refractivity contribution is -0.136. The van der Waals surface area contributed by atoms with E-state index < -0.39 is 29.9 Å². The van der Waals surface area contributed by atoms with Gasteiger partial charge in [0.2, 0.25) is 35.4 Å². The summed E-state index contributed by atoms with van der Waals surface area (Å²) in [5.74, 6) is -1.77. The van der Waals surface area contributed by atoms with E-state index >= 15 is 0 Å². The minimum atomic E-state index is -0.730. The number of hydrogen-bond acceptors (Lipinski definition) is 9. The fourth-order valence-electron chi connectivity index (χ4n) is 8.68. The van der Waals surface area contributed by atoms with Crippen LogP contribution in [0.1, 0.15) is 85.2 Å². The number of nitrogens with one attached hydrogen (secondary N) is 3. The third-order valence-corrected chi connectivity index (χ3v) is 11.9. The molecule has 3 atom stereocenters. The van der Waals surface area contributed by atoms with Crippen LogP contribution in [-0.4, -0.2) is 83.0 Å². The summed E-state index contributed by atoms with van der Waals surface area (Å²) < 4.78 is 14.6. The van der Waals surface area contributed by atoms with Crippen molar-refractivity contribution < 1.29 is 38.2 Å². The molecule has 3 aliphatic heterocycles. The van der Waals surface area contributed by atoms with Gasteiger partial charge < -0.3 is 25.8 Å². The zero-order chi connectivity index (χ0) is 43.8. The molecule has 4 heterocycles. The van der Waals surface area contributed by atoms with Gasteiger partial charge in [-0.2, -0.15) is 0 Å². The number of nitrogens with zero attached hydrogens (tertiary/aromatic N) is 3. The van der Waals surface area contributed by atoms with Gasteiger partial charge in [0.05, 0.1) is 36.0 Å². The molecular formula is C46H55N7O9. The van der Waals surface area contributed by atoms with E-state index in [4.69, 9.17) is 15.2 Å². The number of imidazole rings is 1. The standard InChI is InChI=1S/C46H55N7O9/c1-51-37-24-30(16-18-35(37)52(46(51)60)36-19-21-40(55)50-44(36)58)7-5-23-61-28-41(56)48-22-4-6-29-12-14-31(15-13-29)26-62-27-34(17-20-39(47)54)49-45(59)38-25-33-10-2-8-32-9-3-11-42(57)53(38)43(32)33/h2,8,10,12-16,18,24,34,36,38H,3-7,9,11,17,19-23,25-28H2,1H3,(H2,47,54)(H,48,56)(H,49,59)(H,50,55,58)/t34-,36?,38-/m0/s1. The molecule has 0 bridgehead atoms. The highest BCUT2D eigenvalue weighted by Gasteiger charge is 2.41. The molecule has 0 spiro atoms. The molecule has 1 fully saturated rings. The Morgan fingerprint density at radius 1 is 0.887 bits per heavy atom. The molecule has 1 saturated heterocycles. The van der Waals surface area contributed by atoms with Gasteiger partial charge in [-0.1, -0.05) is 48.5 Å². The van der Waals surface area contributed by atoms with E-state index in [0.717, 1.165) is 59.2 Å². The normalized spacial score (nSPS) is 17.7. The Hall–Kier alpha value is -6.13. The average Bonchev–Trinajstić information content (AvgIpc) is 3.70. The lowest BCUT2D eigenvalue weighted by Crippen LogP contribution is -2.51. The van der Waals surface area contributed by atoms with Crippen molar-refractivity contribution in [1.82, 2.24) is 25.1 Å². The number of hydrogen-bond donors (Lipinski definition) is 4. The Morgan fingerprint density at radius 2 is 1.65 bits per heavy atom. The first kappa shape index (κ1) is 43.9. The Balaban J connectivity index is 0.784. The number of carbonyl (C=O) groups excluding carboxylic acids is 6. The second-order valence-electron chi connectivity index (χ2n) is 16.4.